The Balaban J connectivity index is 1.83. The third-order valence-electron chi connectivity index (χ3n) is 3.24. The van der Waals surface area contributed by atoms with Crippen molar-refractivity contribution in [2.24, 2.45) is 17.6 Å². The maximum absolute atomic E-state index is 5.71. The lowest BCUT2D eigenvalue weighted by atomic mass is 9.72. The molecular weight excluding hydrogens is 138 g/mol. The summed E-state index contributed by atoms with van der Waals surface area (Å²) < 4.78 is 5.46. The predicted octanol–water partition coefficient (Wildman–Crippen LogP) is 1.15. The van der Waals surface area contributed by atoms with E-state index in [4.69, 9.17) is 10.5 Å². The van der Waals surface area contributed by atoms with Crippen LogP contribution in [0.15, 0.2) is 0 Å². The zero-order chi connectivity index (χ0) is 7.68. The molecule has 2 N–H and O–H groups in total. The largest absolute Gasteiger partial charge is 0.378 e. The Labute approximate surface area is 68.1 Å². The highest BCUT2D eigenvalue weighted by atomic mass is 16.5. The first-order chi connectivity index (χ1) is 5.42. The Morgan fingerprint density at radius 1 is 1.36 bits per heavy atom. The molecule has 2 fully saturated rings. The number of hydrogen-bond acceptors (Lipinski definition) is 2. The highest BCUT2D eigenvalue weighted by Gasteiger charge is 2.35. The van der Waals surface area contributed by atoms with E-state index in [-0.39, 0.29) is 0 Å². The van der Waals surface area contributed by atoms with Crippen LogP contribution in [0.1, 0.15) is 25.7 Å². The number of rotatable bonds is 3. The lowest BCUT2D eigenvalue weighted by molar-refractivity contribution is -0.104. The second-order valence-electron chi connectivity index (χ2n) is 3.79. The molecule has 1 saturated heterocycles. The summed E-state index contributed by atoms with van der Waals surface area (Å²) in [5.41, 5.74) is 5.71. The summed E-state index contributed by atoms with van der Waals surface area (Å²) in [6.07, 6.45) is 5.96. The van der Waals surface area contributed by atoms with Crippen LogP contribution in [0.2, 0.25) is 0 Å². The number of hydrogen-bond donors (Lipinski definition) is 1. The molecule has 2 rings (SSSR count). The maximum Gasteiger partial charge on any atom is 0.0639 e. The molecule has 1 aliphatic heterocycles. The molecule has 2 aliphatic rings. The average molecular weight is 155 g/mol. The van der Waals surface area contributed by atoms with Gasteiger partial charge in [0.05, 0.1) is 6.10 Å². The quantitative estimate of drug-likeness (QED) is 0.663. The van der Waals surface area contributed by atoms with Crippen LogP contribution in [0, 0.1) is 11.8 Å². The van der Waals surface area contributed by atoms with Crippen molar-refractivity contribution in [3.63, 3.8) is 0 Å². The van der Waals surface area contributed by atoms with Gasteiger partial charge in [-0.25, -0.2) is 0 Å². The predicted molar refractivity (Wildman–Crippen MR) is 44.2 cm³/mol. The molecule has 11 heavy (non-hydrogen) atoms. The van der Waals surface area contributed by atoms with Crippen molar-refractivity contribution in [1.29, 1.82) is 0 Å². The van der Waals surface area contributed by atoms with E-state index in [1.807, 2.05) is 0 Å². The van der Waals surface area contributed by atoms with Gasteiger partial charge in [0.15, 0.2) is 0 Å². The third-order valence-corrected chi connectivity index (χ3v) is 3.24. The maximum atomic E-state index is 5.71. The zero-order valence-electron chi connectivity index (χ0n) is 6.96. The summed E-state index contributed by atoms with van der Waals surface area (Å²) in [4.78, 5) is 0. The molecule has 2 heteroatoms. The van der Waals surface area contributed by atoms with Crippen LogP contribution in [0.4, 0.5) is 0 Å². The van der Waals surface area contributed by atoms with Crippen molar-refractivity contribution < 1.29 is 4.74 Å². The van der Waals surface area contributed by atoms with Crippen molar-refractivity contribution in [2.75, 3.05) is 13.2 Å². The second kappa shape index (κ2) is 3.11. The molecule has 2 unspecified atom stereocenters. The van der Waals surface area contributed by atoms with Crippen LogP contribution in [0.5, 0.6) is 0 Å². The Morgan fingerprint density at radius 3 is 2.36 bits per heavy atom. The minimum atomic E-state index is 0.519. The normalized spacial score (nSPS) is 34.1. The SMILES string of the molecule is NCC(C1CCC1)C1CCO1. The van der Waals surface area contributed by atoms with Crippen LogP contribution in [0.25, 0.3) is 0 Å². The summed E-state index contributed by atoms with van der Waals surface area (Å²) >= 11 is 0. The minimum absolute atomic E-state index is 0.519. The molecule has 0 amide bonds. The van der Waals surface area contributed by atoms with Crippen molar-refractivity contribution >= 4 is 0 Å². The van der Waals surface area contributed by atoms with Gasteiger partial charge in [0.2, 0.25) is 0 Å². The van der Waals surface area contributed by atoms with Crippen molar-refractivity contribution in [1.82, 2.24) is 0 Å². The molecule has 1 heterocycles. The molecule has 0 bridgehead atoms. The Kier molecular flexibility index (Phi) is 2.14. The summed E-state index contributed by atoms with van der Waals surface area (Å²) in [5, 5.41) is 0. The first-order valence-electron chi connectivity index (χ1n) is 4.73. The van der Waals surface area contributed by atoms with E-state index >= 15 is 0 Å². The number of nitrogens with two attached hydrogens (primary N) is 1. The smallest absolute Gasteiger partial charge is 0.0639 e. The van der Waals surface area contributed by atoms with E-state index in [1.165, 1.54) is 25.7 Å². The molecule has 0 aromatic heterocycles. The van der Waals surface area contributed by atoms with Gasteiger partial charge < -0.3 is 10.5 Å². The highest BCUT2D eigenvalue weighted by Crippen LogP contribution is 2.38. The molecular formula is C9H17NO. The van der Waals surface area contributed by atoms with Gasteiger partial charge in [0, 0.05) is 12.5 Å². The fraction of sp³-hybridized carbons (Fsp3) is 1.00. The molecule has 0 aromatic rings. The third kappa shape index (κ3) is 1.30. The van der Waals surface area contributed by atoms with Gasteiger partial charge in [-0.3, -0.25) is 0 Å². The zero-order valence-corrected chi connectivity index (χ0v) is 6.96. The standard InChI is InChI=1S/C9H17NO/c10-6-8(7-2-1-3-7)9-4-5-11-9/h7-9H,1-6,10H2. The molecule has 0 spiro atoms. The summed E-state index contributed by atoms with van der Waals surface area (Å²) in [6.45, 7) is 1.79. The van der Waals surface area contributed by atoms with Gasteiger partial charge >= 0.3 is 0 Å². The summed E-state index contributed by atoms with van der Waals surface area (Å²) in [5.74, 6) is 1.57. The lowest BCUT2D eigenvalue weighted by Gasteiger charge is -2.41. The lowest BCUT2D eigenvalue weighted by Crippen LogP contribution is -2.44. The fourth-order valence-corrected chi connectivity index (χ4v) is 2.11. The van der Waals surface area contributed by atoms with Crippen LogP contribution in [-0.4, -0.2) is 19.3 Å². The second-order valence-corrected chi connectivity index (χ2v) is 3.79. The molecule has 1 saturated carbocycles. The van der Waals surface area contributed by atoms with Crippen molar-refractivity contribution in [2.45, 2.75) is 31.8 Å². The van der Waals surface area contributed by atoms with E-state index in [0.29, 0.717) is 12.0 Å². The molecule has 2 nitrogen and oxygen atoms in total. The van der Waals surface area contributed by atoms with Crippen molar-refractivity contribution in [3.8, 4) is 0 Å². The first-order valence-corrected chi connectivity index (χ1v) is 4.73. The van der Waals surface area contributed by atoms with E-state index < -0.39 is 0 Å². The monoisotopic (exact) mass is 155 g/mol. The summed E-state index contributed by atoms with van der Waals surface area (Å²) in [7, 11) is 0. The Bertz CT molecular complexity index is 116. The van der Waals surface area contributed by atoms with Gasteiger partial charge in [-0.2, -0.15) is 0 Å². The fourth-order valence-electron chi connectivity index (χ4n) is 2.11. The van der Waals surface area contributed by atoms with Crippen LogP contribution in [0.3, 0.4) is 0 Å². The van der Waals surface area contributed by atoms with E-state index in [9.17, 15) is 0 Å². The van der Waals surface area contributed by atoms with Gasteiger partial charge in [0.25, 0.3) is 0 Å². The van der Waals surface area contributed by atoms with Crippen LogP contribution < -0.4 is 5.73 Å². The van der Waals surface area contributed by atoms with Crippen LogP contribution in [-0.2, 0) is 4.74 Å². The Hall–Kier alpha value is -0.0800. The van der Waals surface area contributed by atoms with Gasteiger partial charge in [-0.1, -0.05) is 19.3 Å². The highest BCUT2D eigenvalue weighted by molar-refractivity contribution is 4.86. The van der Waals surface area contributed by atoms with Gasteiger partial charge in [0.1, 0.15) is 0 Å². The van der Waals surface area contributed by atoms with E-state index in [2.05, 4.69) is 0 Å². The average Bonchev–Trinajstić information content (AvgIpc) is 1.78. The molecule has 0 aromatic carbocycles. The minimum Gasteiger partial charge on any atom is -0.378 e. The molecule has 1 aliphatic carbocycles. The molecule has 2 atom stereocenters. The van der Waals surface area contributed by atoms with Gasteiger partial charge in [-0.15, -0.1) is 0 Å². The van der Waals surface area contributed by atoms with E-state index in [1.54, 1.807) is 0 Å². The molecule has 64 valence electrons. The summed E-state index contributed by atoms with van der Waals surface area (Å²) in [6, 6.07) is 0. The van der Waals surface area contributed by atoms with Gasteiger partial charge in [-0.05, 0) is 18.9 Å². The topological polar surface area (TPSA) is 35.2 Å². The van der Waals surface area contributed by atoms with Crippen molar-refractivity contribution in [3.05, 3.63) is 0 Å². The van der Waals surface area contributed by atoms with Crippen LogP contribution >= 0.6 is 0 Å². The first kappa shape index (κ1) is 7.56. The molecule has 0 radical (unpaired) electrons. The Morgan fingerprint density at radius 2 is 2.09 bits per heavy atom. The van der Waals surface area contributed by atoms with E-state index in [0.717, 1.165) is 19.1 Å². The number of ether oxygens (including phenoxy) is 1.